The van der Waals surface area contributed by atoms with E-state index in [0.29, 0.717) is 6.54 Å². The first kappa shape index (κ1) is 16.5. The molecule has 2 N–H and O–H groups in total. The van der Waals surface area contributed by atoms with Crippen molar-refractivity contribution in [3.05, 3.63) is 41.2 Å². The fourth-order valence-electron chi connectivity index (χ4n) is 2.21. The van der Waals surface area contributed by atoms with Crippen LogP contribution in [0.5, 0.6) is 0 Å². The number of aromatic nitrogens is 3. The highest BCUT2D eigenvalue weighted by atomic mass is 15.4. The van der Waals surface area contributed by atoms with Gasteiger partial charge >= 0.3 is 0 Å². The van der Waals surface area contributed by atoms with Crippen molar-refractivity contribution in [1.29, 1.82) is 10.5 Å². The molecule has 118 valence electrons. The highest BCUT2D eigenvalue weighted by molar-refractivity contribution is 5.42. The molecule has 1 aromatic carbocycles. The summed E-state index contributed by atoms with van der Waals surface area (Å²) in [5.74, 6) is 0.219. The molecule has 0 bridgehead atoms. The molecule has 0 saturated carbocycles. The maximum Gasteiger partial charge on any atom is 0.239 e. The van der Waals surface area contributed by atoms with Crippen LogP contribution in [0.3, 0.4) is 0 Å². The molecule has 0 radical (unpaired) electrons. The van der Waals surface area contributed by atoms with Gasteiger partial charge in [-0.25, -0.2) is 9.67 Å². The molecule has 0 fully saturated rings. The van der Waals surface area contributed by atoms with Crippen LogP contribution in [0.25, 0.3) is 0 Å². The first-order valence-electron chi connectivity index (χ1n) is 7.30. The summed E-state index contributed by atoms with van der Waals surface area (Å²) in [7, 11) is 0. The maximum atomic E-state index is 9.42. The van der Waals surface area contributed by atoms with Gasteiger partial charge in [0.15, 0.2) is 0 Å². The second-order valence-corrected chi connectivity index (χ2v) is 6.69. The minimum Gasteiger partial charge on any atom is -0.367 e. The van der Waals surface area contributed by atoms with E-state index >= 15 is 0 Å². The minimum atomic E-state index is -0.641. The number of hydrogen-bond donors (Lipinski definition) is 1. The van der Waals surface area contributed by atoms with Gasteiger partial charge in [0.1, 0.15) is 6.33 Å². The summed E-state index contributed by atoms with van der Waals surface area (Å²) in [6.07, 6.45) is 1.56. The Morgan fingerprint density at radius 3 is 1.96 bits per heavy atom. The highest BCUT2D eigenvalue weighted by Crippen LogP contribution is 2.30. The van der Waals surface area contributed by atoms with Crippen LogP contribution in [0.1, 0.15) is 44.4 Å². The van der Waals surface area contributed by atoms with Crippen LogP contribution >= 0.6 is 0 Å². The van der Waals surface area contributed by atoms with Gasteiger partial charge in [-0.15, -0.1) is 5.10 Å². The summed E-state index contributed by atoms with van der Waals surface area (Å²) in [5, 5.41) is 22.9. The van der Waals surface area contributed by atoms with Gasteiger partial charge in [-0.05, 0) is 44.4 Å². The predicted octanol–water partition coefficient (Wildman–Crippen LogP) is 2.51. The fourth-order valence-corrected chi connectivity index (χ4v) is 2.21. The summed E-state index contributed by atoms with van der Waals surface area (Å²) in [4.78, 5) is 3.91. The van der Waals surface area contributed by atoms with Gasteiger partial charge in [0.05, 0.1) is 29.5 Å². The van der Waals surface area contributed by atoms with Crippen molar-refractivity contribution >= 4 is 5.95 Å². The third kappa shape index (κ3) is 3.49. The van der Waals surface area contributed by atoms with E-state index in [1.165, 1.54) is 0 Å². The molecule has 23 heavy (non-hydrogen) atoms. The molecule has 0 aliphatic carbocycles. The Bertz CT molecular complexity index is 757. The lowest BCUT2D eigenvalue weighted by atomic mass is 9.79. The first-order valence-corrected chi connectivity index (χ1v) is 7.30. The molecule has 0 aliphatic heterocycles. The number of rotatable bonds is 4. The van der Waals surface area contributed by atoms with Gasteiger partial charge in [-0.1, -0.05) is 18.2 Å². The molecule has 2 rings (SSSR count). The molecule has 6 heteroatoms. The van der Waals surface area contributed by atoms with Crippen LogP contribution in [-0.4, -0.2) is 14.8 Å². The second kappa shape index (κ2) is 5.73. The number of nitrogens with two attached hydrogens (primary N) is 1. The lowest BCUT2D eigenvalue weighted by molar-refractivity contribution is 0.646. The van der Waals surface area contributed by atoms with Gasteiger partial charge in [-0.3, -0.25) is 0 Å². The Hall–Kier alpha value is -2.86. The number of nitrogens with zero attached hydrogens (tertiary/aromatic N) is 5. The number of hydrogen-bond acceptors (Lipinski definition) is 5. The molecular formula is C17H20N6. The second-order valence-electron chi connectivity index (χ2n) is 6.69. The Morgan fingerprint density at radius 2 is 1.57 bits per heavy atom. The first-order chi connectivity index (χ1) is 10.7. The third-order valence-electron chi connectivity index (χ3n) is 3.89. The van der Waals surface area contributed by atoms with Crippen molar-refractivity contribution in [2.24, 2.45) is 0 Å². The summed E-state index contributed by atoms with van der Waals surface area (Å²) >= 11 is 0. The average Bonchev–Trinajstić information content (AvgIpc) is 2.92. The van der Waals surface area contributed by atoms with Crippen LogP contribution < -0.4 is 5.73 Å². The van der Waals surface area contributed by atoms with Crippen LogP contribution in [0.2, 0.25) is 0 Å². The lowest BCUT2D eigenvalue weighted by Crippen LogP contribution is -2.20. The molecule has 6 nitrogen and oxygen atoms in total. The van der Waals surface area contributed by atoms with E-state index in [1.807, 2.05) is 45.9 Å². The van der Waals surface area contributed by atoms with Gasteiger partial charge in [0, 0.05) is 0 Å². The average molecular weight is 308 g/mol. The number of nitriles is 2. The van der Waals surface area contributed by atoms with E-state index in [2.05, 4.69) is 22.2 Å². The van der Waals surface area contributed by atoms with E-state index in [0.717, 1.165) is 16.7 Å². The topological polar surface area (TPSA) is 104 Å². The standard InChI is InChI=1S/C17H20N6/c1-16(2,9-18)13-5-12(8-23-11-21-15(20)22-23)6-14(7-13)17(3,4)10-19/h5-7,11H,8H2,1-4H3,(H2,20,22). The number of anilines is 1. The SMILES string of the molecule is CC(C)(C#N)c1cc(Cn2cnc(N)n2)cc(C(C)(C)C#N)c1. The fraction of sp³-hybridized carbons (Fsp3) is 0.412. The summed E-state index contributed by atoms with van der Waals surface area (Å²) in [5.41, 5.74) is 6.97. The van der Waals surface area contributed by atoms with Crippen molar-refractivity contribution < 1.29 is 0 Å². The molecule has 0 amide bonds. The zero-order valence-electron chi connectivity index (χ0n) is 13.8. The zero-order valence-corrected chi connectivity index (χ0v) is 13.8. The van der Waals surface area contributed by atoms with Crippen LogP contribution in [0.15, 0.2) is 24.5 Å². The Labute approximate surface area is 136 Å². The van der Waals surface area contributed by atoms with Crippen LogP contribution in [-0.2, 0) is 17.4 Å². The molecule has 0 atom stereocenters. The number of nitrogen functional groups attached to an aromatic ring is 1. The Morgan fingerprint density at radius 1 is 1.04 bits per heavy atom. The molecule has 0 spiro atoms. The summed E-state index contributed by atoms with van der Waals surface area (Å²) in [6.45, 7) is 7.94. The van der Waals surface area contributed by atoms with Crippen LogP contribution in [0, 0.1) is 22.7 Å². The van der Waals surface area contributed by atoms with E-state index in [-0.39, 0.29) is 5.95 Å². The van der Waals surface area contributed by atoms with E-state index in [9.17, 15) is 10.5 Å². The van der Waals surface area contributed by atoms with Crippen molar-refractivity contribution in [2.45, 2.75) is 45.1 Å². The maximum absolute atomic E-state index is 9.42. The normalized spacial score (nSPS) is 11.7. The number of benzene rings is 1. The van der Waals surface area contributed by atoms with Gasteiger partial charge in [0.2, 0.25) is 5.95 Å². The van der Waals surface area contributed by atoms with Gasteiger partial charge < -0.3 is 5.73 Å². The lowest BCUT2D eigenvalue weighted by Gasteiger charge is -2.23. The van der Waals surface area contributed by atoms with Gasteiger partial charge in [-0.2, -0.15) is 10.5 Å². The van der Waals surface area contributed by atoms with E-state index < -0.39 is 10.8 Å². The summed E-state index contributed by atoms with van der Waals surface area (Å²) in [6, 6.07) is 10.5. The highest BCUT2D eigenvalue weighted by Gasteiger charge is 2.26. The predicted molar refractivity (Wildman–Crippen MR) is 87.3 cm³/mol. The van der Waals surface area contributed by atoms with Crippen molar-refractivity contribution in [3.8, 4) is 12.1 Å². The summed E-state index contributed by atoms with van der Waals surface area (Å²) < 4.78 is 1.64. The van der Waals surface area contributed by atoms with Crippen molar-refractivity contribution in [2.75, 3.05) is 5.73 Å². The van der Waals surface area contributed by atoms with Crippen LogP contribution in [0.4, 0.5) is 5.95 Å². The van der Waals surface area contributed by atoms with E-state index in [4.69, 9.17) is 5.73 Å². The zero-order chi connectivity index (χ0) is 17.3. The van der Waals surface area contributed by atoms with Crippen molar-refractivity contribution in [1.82, 2.24) is 14.8 Å². The molecule has 1 heterocycles. The molecule has 0 aliphatic rings. The smallest absolute Gasteiger partial charge is 0.239 e. The molecule has 0 unspecified atom stereocenters. The minimum absolute atomic E-state index is 0.219. The molecular weight excluding hydrogens is 288 g/mol. The van der Waals surface area contributed by atoms with Crippen molar-refractivity contribution in [3.63, 3.8) is 0 Å². The largest absolute Gasteiger partial charge is 0.367 e. The monoisotopic (exact) mass is 308 g/mol. The van der Waals surface area contributed by atoms with E-state index in [1.54, 1.807) is 11.0 Å². The molecule has 2 aromatic rings. The van der Waals surface area contributed by atoms with Gasteiger partial charge in [0.25, 0.3) is 0 Å². The molecule has 0 saturated heterocycles. The molecule has 1 aromatic heterocycles. The quantitative estimate of drug-likeness (QED) is 0.934. The third-order valence-corrected chi connectivity index (χ3v) is 3.89. The Kier molecular flexibility index (Phi) is 4.12. The Balaban J connectivity index is 2.54.